The largest absolute Gasteiger partial charge is 0.442 e. The number of aryl methyl sites for hydroxylation is 2. The predicted octanol–water partition coefficient (Wildman–Crippen LogP) is 4.80. The van der Waals surface area contributed by atoms with Gasteiger partial charge in [0.2, 0.25) is 5.88 Å². The molecule has 0 bridgehead atoms. The van der Waals surface area contributed by atoms with Crippen LogP contribution in [0, 0.1) is 32.1 Å². The summed E-state index contributed by atoms with van der Waals surface area (Å²) in [7, 11) is 0. The molecule has 0 N–H and O–H groups in total. The first-order valence-corrected chi connectivity index (χ1v) is 7.70. The van der Waals surface area contributed by atoms with Crippen molar-refractivity contribution in [3.8, 4) is 6.07 Å². The number of para-hydroxylation sites is 1. The van der Waals surface area contributed by atoms with Gasteiger partial charge >= 0.3 is 0 Å². The molecule has 2 heterocycles. The highest BCUT2D eigenvalue weighted by Gasteiger charge is 2.15. The minimum absolute atomic E-state index is 0.384. The molecular weight excluding hydrogens is 286 g/mol. The van der Waals surface area contributed by atoms with Crippen LogP contribution >= 0.6 is 0 Å². The summed E-state index contributed by atoms with van der Waals surface area (Å²) in [6, 6.07) is 10.5. The Labute approximate surface area is 135 Å². The first kappa shape index (κ1) is 15.1. The molecule has 3 rings (SSSR count). The topological polar surface area (TPSA) is 54.2 Å². The van der Waals surface area contributed by atoms with Gasteiger partial charge in [-0.25, -0.2) is 4.99 Å². The molecule has 0 radical (unpaired) electrons. The zero-order chi connectivity index (χ0) is 16.6. The van der Waals surface area contributed by atoms with Gasteiger partial charge in [-0.15, -0.1) is 0 Å². The van der Waals surface area contributed by atoms with Crippen molar-refractivity contribution >= 4 is 23.0 Å². The van der Waals surface area contributed by atoms with Crippen LogP contribution in [0.15, 0.2) is 33.7 Å². The fraction of sp³-hybridized carbons (Fsp3) is 0.263. The van der Waals surface area contributed by atoms with Crippen molar-refractivity contribution in [2.45, 2.75) is 34.2 Å². The van der Waals surface area contributed by atoms with Crippen molar-refractivity contribution in [2.24, 2.45) is 4.99 Å². The van der Waals surface area contributed by atoms with Crippen LogP contribution in [0.2, 0.25) is 0 Å². The second-order valence-corrected chi connectivity index (χ2v) is 5.59. The predicted molar refractivity (Wildman–Crippen MR) is 92.5 cm³/mol. The molecule has 1 aromatic carbocycles. The average molecular weight is 305 g/mol. The third kappa shape index (κ3) is 2.35. The molecule has 0 aliphatic carbocycles. The molecule has 3 aromatic rings. The van der Waals surface area contributed by atoms with Crippen LogP contribution in [-0.4, -0.2) is 10.8 Å². The number of nitriles is 1. The van der Waals surface area contributed by atoms with E-state index < -0.39 is 0 Å². The second kappa shape index (κ2) is 5.77. The Bertz CT molecular complexity index is 951. The van der Waals surface area contributed by atoms with E-state index >= 15 is 0 Å². The van der Waals surface area contributed by atoms with Crippen molar-refractivity contribution in [3.63, 3.8) is 0 Å². The van der Waals surface area contributed by atoms with Crippen LogP contribution < -0.4 is 0 Å². The number of aliphatic imine (C=N–C) groups is 1. The number of nitrogens with zero attached hydrogens (tertiary/aromatic N) is 3. The lowest BCUT2D eigenvalue weighted by Crippen LogP contribution is -1.96. The van der Waals surface area contributed by atoms with Gasteiger partial charge in [-0.05, 0) is 33.8 Å². The van der Waals surface area contributed by atoms with E-state index in [0.717, 1.165) is 34.5 Å². The van der Waals surface area contributed by atoms with E-state index in [4.69, 9.17) is 4.42 Å². The molecule has 0 aliphatic rings. The molecule has 4 nitrogen and oxygen atoms in total. The SMILES string of the molecule is CCn1c(C)c(C=Nc2oc(C)c(C)c2C#N)c2ccccc21. The van der Waals surface area contributed by atoms with Crippen molar-refractivity contribution in [1.82, 2.24) is 4.57 Å². The van der Waals surface area contributed by atoms with Crippen LogP contribution in [0.3, 0.4) is 0 Å². The molecule has 4 heteroatoms. The number of hydrogen-bond donors (Lipinski definition) is 0. The summed E-state index contributed by atoms with van der Waals surface area (Å²) < 4.78 is 7.88. The third-order valence-electron chi connectivity index (χ3n) is 4.39. The Morgan fingerprint density at radius 2 is 2.00 bits per heavy atom. The maximum atomic E-state index is 9.29. The van der Waals surface area contributed by atoms with Gasteiger partial charge in [0, 0.05) is 40.5 Å². The fourth-order valence-corrected chi connectivity index (χ4v) is 2.98. The first-order chi connectivity index (χ1) is 11.1. The van der Waals surface area contributed by atoms with E-state index in [2.05, 4.69) is 41.6 Å². The van der Waals surface area contributed by atoms with Gasteiger partial charge < -0.3 is 8.98 Å². The number of benzene rings is 1. The fourth-order valence-electron chi connectivity index (χ4n) is 2.98. The van der Waals surface area contributed by atoms with Crippen molar-refractivity contribution < 1.29 is 4.42 Å². The molecule has 0 fully saturated rings. The summed E-state index contributed by atoms with van der Waals surface area (Å²) in [6.45, 7) is 8.86. The number of hydrogen-bond acceptors (Lipinski definition) is 3. The van der Waals surface area contributed by atoms with Gasteiger partial charge in [-0.3, -0.25) is 0 Å². The summed E-state index contributed by atoms with van der Waals surface area (Å²) in [5, 5.41) is 10.5. The molecule has 0 aliphatic heterocycles. The average Bonchev–Trinajstić information content (AvgIpc) is 2.98. The van der Waals surface area contributed by atoms with Gasteiger partial charge in [0.15, 0.2) is 0 Å². The summed E-state index contributed by atoms with van der Waals surface area (Å²) in [5.74, 6) is 1.12. The molecule has 0 spiro atoms. The zero-order valence-corrected chi connectivity index (χ0v) is 13.8. The van der Waals surface area contributed by atoms with E-state index in [1.54, 1.807) is 0 Å². The lowest BCUT2D eigenvalue weighted by Gasteiger charge is -2.03. The highest BCUT2D eigenvalue weighted by atomic mass is 16.4. The Morgan fingerprint density at radius 1 is 1.26 bits per heavy atom. The Hall–Kier alpha value is -2.80. The summed E-state index contributed by atoms with van der Waals surface area (Å²) >= 11 is 0. The molecule has 0 saturated heterocycles. The summed E-state index contributed by atoms with van der Waals surface area (Å²) in [5.41, 5.74) is 4.79. The maximum absolute atomic E-state index is 9.29. The van der Waals surface area contributed by atoms with Crippen LogP contribution in [0.4, 0.5) is 5.88 Å². The van der Waals surface area contributed by atoms with E-state index in [0.29, 0.717) is 11.4 Å². The summed E-state index contributed by atoms with van der Waals surface area (Å²) in [6.07, 6.45) is 1.81. The highest BCUT2D eigenvalue weighted by Crippen LogP contribution is 2.29. The Kier molecular flexibility index (Phi) is 3.79. The number of fused-ring (bicyclic) bond motifs is 1. The molecule has 116 valence electrons. The van der Waals surface area contributed by atoms with Crippen LogP contribution in [-0.2, 0) is 6.54 Å². The second-order valence-electron chi connectivity index (χ2n) is 5.59. The normalized spacial score (nSPS) is 11.4. The molecule has 2 aromatic heterocycles. The lowest BCUT2D eigenvalue weighted by atomic mass is 10.1. The van der Waals surface area contributed by atoms with E-state index in [1.165, 1.54) is 5.52 Å². The zero-order valence-electron chi connectivity index (χ0n) is 13.8. The van der Waals surface area contributed by atoms with Crippen LogP contribution in [0.1, 0.15) is 35.1 Å². The minimum atomic E-state index is 0.384. The Balaban J connectivity index is 2.15. The van der Waals surface area contributed by atoms with Crippen LogP contribution in [0.25, 0.3) is 10.9 Å². The molecule has 23 heavy (non-hydrogen) atoms. The van der Waals surface area contributed by atoms with Gasteiger partial charge in [0.1, 0.15) is 17.4 Å². The Morgan fingerprint density at radius 3 is 2.70 bits per heavy atom. The van der Waals surface area contributed by atoms with Gasteiger partial charge in [-0.2, -0.15) is 5.26 Å². The third-order valence-corrected chi connectivity index (χ3v) is 4.39. The first-order valence-electron chi connectivity index (χ1n) is 7.70. The van der Waals surface area contributed by atoms with Gasteiger partial charge in [0.05, 0.1) is 0 Å². The monoisotopic (exact) mass is 305 g/mol. The minimum Gasteiger partial charge on any atom is -0.442 e. The van der Waals surface area contributed by atoms with Gasteiger partial charge in [-0.1, -0.05) is 18.2 Å². The van der Waals surface area contributed by atoms with E-state index in [9.17, 15) is 5.26 Å². The lowest BCUT2D eigenvalue weighted by molar-refractivity contribution is 0.542. The molecule has 0 unspecified atom stereocenters. The molecule has 0 saturated carbocycles. The van der Waals surface area contributed by atoms with Crippen molar-refractivity contribution in [3.05, 3.63) is 52.4 Å². The van der Waals surface area contributed by atoms with Gasteiger partial charge in [0.25, 0.3) is 0 Å². The number of aromatic nitrogens is 1. The summed E-state index contributed by atoms with van der Waals surface area (Å²) in [4.78, 5) is 4.46. The van der Waals surface area contributed by atoms with Crippen molar-refractivity contribution in [1.29, 1.82) is 5.26 Å². The number of furan rings is 1. The maximum Gasteiger partial charge on any atom is 0.237 e. The smallest absolute Gasteiger partial charge is 0.237 e. The molecular formula is C19H19N3O. The van der Waals surface area contributed by atoms with E-state index in [-0.39, 0.29) is 0 Å². The number of rotatable bonds is 3. The van der Waals surface area contributed by atoms with Crippen LogP contribution in [0.5, 0.6) is 0 Å². The standard InChI is InChI=1S/C19H19N3O/c1-5-22-13(3)17(15-8-6-7-9-18(15)22)11-21-19-16(10-20)12(2)14(4)23-19/h6-9,11H,5H2,1-4H3. The van der Waals surface area contributed by atoms with E-state index in [1.807, 2.05) is 32.2 Å². The van der Waals surface area contributed by atoms with Crippen molar-refractivity contribution in [2.75, 3.05) is 0 Å². The quantitative estimate of drug-likeness (QED) is 0.652. The highest BCUT2D eigenvalue weighted by molar-refractivity contribution is 6.01. The molecule has 0 atom stereocenters. The molecule has 0 amide bonds.